The minimum absolute atomic E-state index is 0.188. The van der Waals surface area contributed by atoms with Gasteiger partial charge in [0.25, 0.3) is 0 Å². The van der Waals surface area contributed by atoms with Gasteiger partial charge in [0.1, 0.15) is 5.75 Å². The van der Waals surface area contributed by atoms with Gasteiger partial charge in [-0.3, -0.25) is 20.6 Å². The third kappa shape index (κ3) is 3.82. The molecule has 2 fully saturated rings. The van der Waals surface area contributed by atoms with Crippen LogP contribution < -0.4 is 15.6 Å². The third-order valence-corrected chi connectivity index (χ3v) is 5.68. The molecule has 3 atom stereocenters. The second-order valence-electron chi connectivity index (χ2n) is 7.26. The first-order valence-electron chi connectivity index (χ1n) is 9.57. The number of likely N-dealkylation sites (tertiary alicyclic amines) is 1. The number of nitrogens with zero attached hydrogens (tertiary/aromatic N) is 2. The molecule has 142 valence electrons. The van der Waals surface area contributed by atoms with Crippen LogP contribution in [0.5, 0.6) is 5.75 Å². The first-order chi connectivity index (χ1) is 13.3. The highest BCUT2D eigenvalue weighted by atomic mass is 16.5. The number of aromatic nitrogens is 1. The van der Waals surface area contributed by atoms with Crippen molar-refractivity contribution in [3.8, 4) is 5.75 Å². The SMILES string of the molecule is COc1cccc(CC(=O)N2CCCC2C2NNCC2c2ccncc2)c1. The van der Waals surface area contributed by atoms with E-state index >= 15 is 0 Å². The highest BCUT2D eigenvalue weighted by Crippen LogP contribution is 2.31. The number of nitrogens with one attached hydrogen (secondary N) is 2. The fourth-order valence-electron chi connectivity index (χ4n) is 4.35. The van der Waals surface area contributed by atoms with Crippen LogP contribution in [0.15, 0.2) is 48.8 Å². The summed E-state index contributed by atoms with van der Waals surface area (Å²) in [6, 6.07) is 12.3. The maximum absolute atomic E-state index is 13.1. The largest absolute Gasteiger partial charge is 0.497 e. The Morgan fingerprint density at radius 2 is 2.15 bits per heavy atom. The molecular formula is C21H26N4O2. The average molecular weight is 366 g/mol. The van der Waals surface area contributed by atoms with Crippen LogP contribution in [0, 0.1) is 0 Å². The number of hydrogen-bond acceptors (Lipinski definition) is 5. The molecule has 2 N–H and O–H groups in total. The number of rotatable bonds is 5. The number of hydrogen-bond donors (Lipinski definition) is 2. The van der Waals surface area contributed by atoms with Crippen LogP contribution in [-0.4, -0.2) is 48.1 Å². The maximum Gasteiger partial charge on any atom is 0.227 e. The molecule has 2 aliphatic rings. The Labute approximate surface area is 159 Å². The molecule has 27 heavy (non-hydrogen) atoms. The Morgan fingerprint density at radius 3 is 2.96 bits per heavy atom. The van der Waals surface area contributed by atoms with Gasteiger partial charge in [0.05, 0.1) is 13.5 Å². The predicted molar refractivity (Wildman–Crippen MR) is 103 cm³/mol. The lowest BCUT2D eigenvalue weighted by atomic mass is 9.88. The minimum atomic E-state index is 0.188. The van der Waals surface area contributed by atoms with Crippen molar-refractivity contribution in [3.05, 3.63) is 59.9 Å². The van der Waals surface area contributed by atoms with E-state index in [0.717, 1.165) is 37.2 Å². The number of pyridine rings is 1. The molecule has 0 saturated carbocycles. The molecule has 6 nitrogen and oxygen atoms in total. The lowest BCUT2D eigenvalue weighted by molar-refractivity contribution is -0.131. The Kier molecular flexibility index (Phi) is 5.36. The molecule has 0 spiro atoms. The van der Waals surface area contributed by atoms with E-state index in [1.165, 1.54) is 5.56 Å². The van der Waals surface area contributed by atoms with E-state index in [2.05, 4.69) is 32.9 Å². The van der Waals surface area contributed by atoms with E-state index in [4.69, 9.17) is 4.74 Å². The molecule has 3 unspecified atom stereocenters. The van der Waals surface area contributed by atoms with Gasteiger partial charge in [0.2, 0.25) is 5.91 Å². The van der Waals surface area contributed by atoms with E-state index in [0.29, 0.717) is 12.3 Å². The minimum Gasteiger partial charge on any atom is -0.497 e. The van der Waals surface area contributed by atoms with Crippen molar-refractivity contribution in [2.24, 2.45) is 0 Å². The first-order valence-corrected chi connectivity index (χ1v) is 9.57. The van der Waals surface area contributed by atoms with Gasteiger partial charge >= 0.3 is 0 Å². The van der Waals surface area contributed by atoms with Crippen molar-refractivity contribution in [2.75, 3.05) is 20.2 Å². The smallest absolute Gasteiger partial charge is 0.227 e. The van der Waals surface area contributed by atoms with Crippen LogP contribution >= 0.6 is 0 Å². The standard InChI is InChI=1S/C21H26N4O2/c1-27-17-5-2-4-15(12-17)13-20(26)25-11-3-6-19(25)21-18(14-23-24-21)16-7-9-22-10-8-16/h2,4-5,7-10,12,18-19,21,23-24H,3,6,11,13-14H2,1H3. The van der Waals surface area contributed by atoms with Crippen molar-refractivity contribution < 1.29 is 9.53 Å². The average Bonchev–Trinajstić information content (AvgIpc) is 3.38. The predicted octanol–water partition coefficient (Wildman–Crippen LogP) is 1.88. The van der Waals surface area contributed by atoms with Gasteiger partial charge in [0, 0.05) is 43.5 Å². The molecule has 2 aliphatic heterocycles. The quantitative estimate of drug-likeness (QED) is 0.846. The summed E-state index contributed by atoms with van der Waals surface area (Å²) in [5, 5.41) is 0. The summed E-state index contributed by atoms with van der Waals surface area (Å²) in [6.45, 7) is 1.69. The molecule has 4 rings (SSSR count). The van der Waals surface area contributed by atoms with Gasteiger partial charge in [-0.15, -0.1) is 0 Å². The lowest BCUT2D eigenvalue weighted by Gasteiger charge is -2.32. The highest BCUT2D eigenvalue weighted by Gasteiger charge is 2.41. The second kappa shape index (κ2) is 8.06. The maximum atomic E-state index is 13.1. The van der Waals surface area contributed by atoms with Gasteiger partial charge in [-0.2, -0.15) is 0 Å². The summed E-state index contributed by atoms with van der Waals surface area (Å²) in [7, 11) is 1.65. The number of ether oxygens (including phenoxy) is 1. The Balaban J connectivity index is 1.49. The Hall–Kier alpha value is -2.44. The van der Waals surface area contributed by atoms with Gasteiger partial charge in [0.15, 0.2) is 0 Å². The van der Waals surface area contributed by atoms with Gasteiger partial charge in [-0.1, -0.05) is 12.1 Å². The van der Waals surface area contributed by atoms with Crippen molar-refractivity contribution in [2.45, 2.75) is 37.3 Å². The number of carbonyl (C=O) groups excluding carboxylic acids is 1. The van der Waals surface area contributed by atoms with Gasteiger partial charge < -0.3 is 9.64 Å². The summed E-state index contributed by atoms with van der Waals surface area (Å²) < 4.78 is 5.28. The van der Waals surface area contributed by atoms with Crippen molar-refractivity contribution in [1.82, 2.24) is 20.7 Å². The van der Waals surface area contributed by atoms with Crippen molar-refractivity contribution in [3.63, 3.8) is 0 Å². The lowest BCUT2D eigenvalue weighted by Crippen LogP contribution is -2.50. The molecule has 2 saturated heterocycles. The molecule has 0 bridgehead atoms. The van der Waals surface area contributed by atoms with E-state index in [1.54, 1.807) is 7.11 Å². The van der Waals surface area contributed by atoms with Crippen molar-refractivity contribution >= 4 is 5.91 Å². The van der Waals surface area contributed by atoms with Crippen molar-refractivity contribution in [1.29, 1.82) is 0 Å². The summed E-state index contributed by atoms with van der Waals surface area (Å²) in [4.78, 5) is 19.2. The molecule has 1 aromatic heterocycles. The number of methoxy groups -OCH3 is 1. The topological polar surface area (TPSA) is 66.5 Å². The monoisotopic (exact) mass is 366 g/mol. The molecule has 6 heteroatoms. The molecular weight excluding hydrogens is 340 g/mol. The molecule has 1 amide bonds. The van der Waals surface area contributed by atoms with Gasteiger partial charge in [-0.25, -0.2) is 0 Å². The second-order valence-corrected chi connectivity index (χ2v) is 7.26. The first kappa shape index (κ1) is 17.9. The summed E-state index contributed by atoms with van der Waals surface area (Å²) in [5.74, 6) is 1.31. The number of benzene rings is 1. The fourth-order valence-corrected chi connectivity index (χ4v) is 4.35. The van der Waals surface area contributed by atoms with Crippen LogP contribution in [0.4, 0.5) is 0 Å². The molecule has 2 aromatic rings. The van der Waals surface area contributed by atoms with Crippen LogP contribution in [0.1, 0.15) is 29.9 Å². The fraction of sp³-hybridized carbons (Fsp3) is 0.429. The summed E-state index contributed by atoms with van der Waals surface area (Å²) in [5.41, 5.74) is 8.98. The van der Waals surface area contributed by atoms with E-state index < -0.39 is 0 Å². The normalized spacial score (nSPS) is 24.9. The Bertz CT molecular complexity index is 783. The summed E-state index contributed by atoms with van der Waals surface area (Å²) >= 11 is 0. The zero-order chi connectivity index (χ0) is 18.6. The van der Waals surface area contributed by atoms with E-state index in [9.17, 15) is 4.79 Å². The molecule has 1 aromatic carbocycles. The zero-order valence-corrected chi connectivity index (χ0v) is 15.6. The molecule has 0 aliphatic carbocycles. The van der Waals surface area contributed by atoms with Crippen LogP contribution in [0.25, 0.3) is 0 Å². The van der Waals surface area contributed by atoms with Crippen LogP contribution in [0.3, 0.4) is 0 Å². The zero-order valence-electron chi connectivity index (χ0n) is 15.6. The number of amides is 1. The van der Waals surface area contributed by atoms with E-state index in [-0.39, 0.29) is 18.0 Å². The molecule has 0 radical (unpaired) electrons. The Morgan fingerprint density at radius 1 is 1.30 bits per heavy atom. The highest BCUT2D eigenvalue weighted by molar-refractivity contribution is 5.79. The third-order valence-electron chi connectivity index (χ3n) is 5.68. The van der Waals surface area contributed by atoms with Crippen LogP contribution in [-0.2, 0) is 11.2 Å². The number of hydrazine groups is 1. The van der Waals surface area contributed by atoms with Gasteiger partial charge in [-0.05, 0) is 48.2 Å². The van der Waals surface area contributed by atoms with E-state index in [1.807, 2.05) is 36.7 Å². The van der Waals surface area contributed by atoms with Crippen LogP contribution in [0.2, 0.25) is 0 Å². The number of carbonyl (C=O) groups is 1. The summed E-state index contributed by atoms with van der Waals surface area (Å²) in [6.07, 6.45) is 6.17. The molecule has 3 heterocycles.